The van der Waals surface area contributed by atoms with Crippen LogP contribution in [0.1, 0.15) is 19.3 Å². The summed E-state index contributed by atoms with van der Waals surface area (Å²) in [6.07, 6.45) is 4.03. The lowest BCUT2D eigenvalue weighted by Gasteiger charge is -2.25. The molecule has 0 aliphatic carbocycles. The van der Waals surface area contributed by atoms with Gasteiger partial charge in [0.1, 0.15) is 5.75 Å². The monoisotopic (exact) mass is 319 g/mol. The Hall–Kier alpha value is -1.60. The molecular formula is C15H21N5OS. The Morgan fingerprint density at radius 3 is 2.64 bits per heavy atom. The van der Waals surface area contributed by atoms with Crippen LogP contribution in [0.5, 0.6) is 5.75 Å². The van der Waals surface area contributed by atoms with E-state index < -0.39 is 0 Å². The van der Waals surface area contributed by atoms with Crippen molar-refractivity contribution >= 4 is 11.8 Å². The van der Waals surface area contributed by atoms with Gasteiger partial charge in [-0.15, -0.1) is 5.10 Å². The largest absolute Gasteiger partial charge is 0.497 e. The first-order valence-corrected chi connectivity index (χ1v) is 8.63. The maximum Gasteiger partial charge on any atom is 0.214 e. The Morgan fingerprint density at radius 2 is 1.91 bits per heavy atom. The van der Waals surface area contributed by atoms with Crippen LogP contribution in [0.4, 0.5) is 0 Å². The zero-order valence-electron chi connectivity index (χ0n) is 12.8. The minimum absolute atomic E-state index is 0.830. The summed E-state index contributed by atoms with van der Waals surface area (Å²) in [5, 5.41) is 12.9. The van der Waals surface area contributed by atoms with Crippen LogP contribution in [0.2, 0.25) is 0 Å². The van der Waals surface area contributed by atoms with Gasteiger partial charge in [0.05, 0.1) is 12.8 Å². The van der Waals surface area contributed by atoms with E-state index in [0.29, 0.717) is 0 Å². The first-order valence-electron chi connectivity index (χ1n) is 7.65. The van der Waals surface area contributed by atoms with Gasteiger partial charge in [0.2, 0.25) is 5.16 Å². The van der Waals surface area contributed by atoms with Gasteiger partial charge in [-0.05, 0) is 60.6 Å². The molecule has 1 aliphatic rings. The van der Waals surface area contributed by atoms with E-state index in [1.165, 1.54) is 32.4 Å². The smallest absolute Gasteiger partial charge is 0.214 e. The number of nitrogens with zero attached hydrogens (tertiary/aromatic N) is 5. The number of tetrazole rings is 1. The zero-order valence-corrected chi connectivity index (χ0v) is 13.6. The van der Waals surface area contributed by atoms with Crippen LogP contribution in [0.3, 0.4) is 0 Å². The molecule has 0 radical (unpaired) electrons. The Morgan fingerprint density at radius 1 is 1.14 bits per heavy atom. The number of ether oxygens (including phenoxy) is 1. The molecule has 6 nitrogen and oxygen atoms in total. The van der Waals surface area contributed by atoms with Crippen molar-refractivity contribution in [2.45, 2.75) is 24.4 Å². The Kier molecular flexibility index (Phi) is 5.29. The van der Waals surface area contributed by atoms with Crippen LogP contribution in [0.25, 0.3) is 5.69 Å². The fraction of sp³-hybridized carbons (Fsp3) is 0.533. The lowest BCUT2D eigenvalue weighted by molar-refractivity contribution is 0.242. The molecule has 2 aromatic rings. The molecule has 118 valence electrons. The SMILES string of the molecule is COc1ccc(-n2nnnc2SCCN2CCCCC2)cc1. The fourth-order valence-electron chi connectivity index (χ4n) is 2.60. The van der Waals surface area contributed by atoms with Crippen molar-refractivity contribution in [3.63, 3.8) is 0 Å². The predicted octanol–water partition coefficient (Wildman–Crippen LogP) is 2.25. The lowest BCUT2D eigenvalue weighted by Crippen LogP contribution is -2.31. The minimum Gasteiger partial charge on any atom is -0.497 e. The molecule has 0 amide bonds. The number of likely N-dealkylation sites (tertiary alicyclic amines) is 1. The number of benzene rings is 1. The predicted molar refractivity (Wildman–Crippen MR) is 86.7 cm³/mol. The Bertz CT molecular complexity index is 580. The Labute approximate surface area is 134 Å². The average molecular weight is 319 g/mol. The third-order valence-electron chi connectivity index (χ3n) is 3.85. The number of piperidine rings is 1. The first kappa shape index (κ1) is 15.3. The molecule has 1 aliphatic heterocycles. The average Bonchev–Trinajstić information content (AvgIpc) is 3.04. The zero-order chi connectivity index (χ0) is 15.2. The van der Waals surface area contributed by atoms with Crippen LogP contribution in [-0.2, 0) is 0 Å². The van der Waals surface area contributed by atoms with Crippen molar-refractivity contribution in [3.8, 4) is 11.4 Å². The van der Waals surface area contributed by atoms with Crippen molar-refractivity contribution < 1.29 is 4.74 Å². The normalized spacial score (nSPS) is 15.9. The second kappa shape index (κ2) is 7.60. The molecule has 3 rings (SSSR count). The highest BCUT2D eigenvalue weighted by molar-refractivity contribution is 7.99. The van der Waals surface area contributed by atoms with Gasteiger partial charge in [0.25, 0.3) is 0 Å². The standard InChI is InChI=1S/C15H21N5OS/c1-21-14-7-5-13(6-8-14)20-15(16-17-18-20)22-12-11-19-9-3-2-4-10-19/h5-8H,2-4,9-12H2,1H3. The van der Waals surface area contributed by atoms with E-state index in [1.54, 1.807) is 23.6 Å². The molecule has 7 heteroatoms. The number of thioether (sulfide) groups is 1. The topological polar surface area (TPSA) is 56.1 Å². The van der Waals surface area contributed by atoms with Gasteiger partial charge in [-0.25, -0.2) is 0 Å². The van der Waals surface area contributed by atoms with Crippen LogP contribution >= 0.6 is 11.8 Å². The maximum atomic E-state index is 5.18. The molecule has 2 heterocycles. The van der Waals surface area contributed by atoms with Gasteiger partial charge in [-0.1, -0.05) is 18.2 Å². The van der Waals surface area contributed by atoms with Gasteiger partial charge in [0, 0.05) is 12.3 Å². The van der Waals surface area contributed by atoms with E-state index in [2.05, 4.69) is 20.4 Å². The van der Waals surface area contributed by atoms with E-state index in [1.807, 2.05) is 24.3 Å². The van der Waals surface area contributed by atoms with Crippen LogP contribution < -0.4 is 4.74 Å². The summed E-state index contributed by atoms with van der Waals surface area (Å²) in [7, 11) is 1.66. The van der Waals surface area contributed by atoms with E-state index in [-0.39, 0.29) is 0 Å². The van der Waals surface area contributed by atoms with Gasteiger partial charge < -0.3 is 9.64 Å². The summed E-state index contributed by atoms with van der Waals surface area (Å²) >= 11 is 1.71. The summed E-state index contributed by atoms with van der Waals surface area (Å²) in [5.74, 6) is 1.84. The highest BCUT2D eigenvalue weighted by atomic mass is 32.2. The van der Waals surface area contributed by atoms with Crippen molar-refractivity contribution in [1.29, 1.82) is 0 Å². The molecule has 0 spiro atoms. The molecule has 1 aromatic carbocycles. The molecule has 0 bridgehead atoms. The molecular weight excluding hydrogens is 298 g/mol. The first-order chi connectivity index (χ1) is 10.9. The molecule has 1 saturated heterocycles. The number of hydrogen-bond donors (Lipinski definition) is 0. The molecule has 1 aromatic heterocycles. The highest BCUT2D eigenvalue weighted by Gasteiger charge is 2.12. The van der Waals surface area contributed by atoms with E-state index in [4.69, 9.17) is 4.74 Å². The summed E-state index contributed by atoms with van der Waals surface area (Å²) in [6.45, 7) is 3.55. The van der Waals surface area contributed by atoms with Crippen molar-refractivity contribution in [2.75, 3.05) is 32.5 Å². The van der Waals surface area contributed by atoms with E-state index in [9.17, 15) is 0 Å². The summed E-state index contributed by atoms with van der Waals surface area (Å²) < 4.78 is 6.96. The van der Waals surface area contributed by atoms with Gasteiger partial charge in [-0.2, -0.15) is 4.68 Å². The number of aromatic nitrogens is 4. The number of methoxy groups -OCH3 is 1. The van der Waals surface area contributed by atoms with Crippen molar-refractivity contribution in [3.05, 3.63) is 24.3 Å². The number of rotatable bonds is 6. The van der Waals surface area contributed by atoms with Crippen molar-refractivity contribution in [2.24, 2.45) is 0 Å². The third-order valence-corrected chi connectivity index (χ3v) is 4.74. The van der Waals surface area contributed by atoms with Crippen LogP contribution in [0.15, 0.2) is 29.4 Å². The fourth-order valence-corrected chi connectivity index (χ4v) is 3.49. The molecule has 0 unspecified atom stereocenters. The third kappa shape index (κ3) is 3.78. The molecule has 0 atom stereocenters. The van der Waals surface area contributed by atoms with Gasteiger partial charge >= 0.3 is 0 Å². The number of hydrogen-bond acceptors (Lipinski definition) is 6. The molecule has 0 saturated carbocycles. The summed E-state index contributed by atoms with van der Waals surface area (Å²) in [5.41, 5.74) is 0.950. The van der Waals surface area contributed by atoms with Gasteiger partial charge in [0.15, 0.2) is 0 Å². The molecule has 0 N–H and O–H groups in total. The summed E-state index contributed by atoms with van der Waals surface area (Å²) in [6, 6.07) is 7.76. The molecule has 1 fully saturated rings. The van der Waals surface area contributed by atoms with Crippen LogP contribution in [0, 0.1) is 0 Å². The quantitative estimate of drug-likeness (QED) is 0.761. The van der Waals surface area contributed by atoms with Gasteiger partial charge in [-0.3, -0.25) is 0 Å². The van der Waals surface area contributed by atoms with Crippen molar-refractivity contribution in [1.82, 2.24) is 25.1 Å². The van der Waals surface area contributed by atoms with E-state index >= 15 is 0 Å². The minimum atomic E-state index is 0.830. The van der Waals surface area contributed by atoms with E-state index in [0.717, 1.165) is 28.9 Å². The highest BCUT2D eigenvalue weighted by Crippen LogP contribution is 2.20. The Balaban J connectivity index is 1.59. The van der Waals surface area contributed by atoms with Crippen LogP contribution in [-0.4, -0.2) is 57.6 Å². The second-order valence-electron chi connectivity index (χ2n) is 5.32. The second-order valence-corrected chi connectivity index (χ2v) is 6.38. The maximum absolute atomic E-state index is 5.18. The molecule has 22 heavy (non-hydrogen) atoms. The summed E-state index contributed by atoms with van der Waals surface area (Å²) in [4.78, 5) is 2.53. The lowest BCUT2D eigenvalue weighted by atomic mass is 10.1.